The highest BCUT2D eigenvalue weighted by atomic mass is 32.1. The van der Waals surface area contributed by atoms with E-state index in [0.29, 0.717) is 16.6 Å². The van der Waals surface area contributed by atoms with E-state index in [4.69, 9.17) is 17.3 Å². The minimum Gasteiger partial charge on any atom is -0.396 e. The molecule has 1 aromatic rings. The summed E-state index contributed by atoms with van der Waals surface area (Å²) in [4.78, 5) is 14.6. The third kappa shape index (κ3) is 3.75. The SMILES string of the molecule is CC(CCCO)NC(=O)c1ccc[nH]c1=S. The van der Waals surface area contributed by atoms with Gasteiger partial charge in [-0.05, 0) is 31.9 Å². The molecule has 1 aromatic heterocycles. The number of pyridine rings is 1. The van der Waals surface area contributed by atoms with Crippen LogP contribution in [0, 0.1) is 4.64 Å². The maximum absolute atomic E-state index is 11.8. The van der Waals surface area contributed by atoms with Gasteiger partial charge in [-0.3, -0.25) is 4.79 Å². The van der Waals surface area contributed by atoms with E-state index in [1.165, 1.54) is 0 Å². The lowest BCUT2D eigenvalue weighted by atomic mass is 10.1. The van der Waals surface area contributed by atoms with Crippen LogP contribution in [0.2, 0.25) is 0 Å². The predicted molar refractivity (Wildman–Crippen MR) is 64.9 cm³/mol. The first-order valence-corrected chi connectivity index (χ1v) is 5.65. The van der Waals surface area contributed by atoms with Crippen molar-refractivity contribution < 1.29 is 9.90 Å². The average molecular weight is 240 g/mol. The monoisotopic (exact) mass is 240 g/mol. The molecule has 4 nitrogen and oxygen atoms in total. The third-order valence-corrected chi connectivity index (χ3v) is 2.57. The van der Waals surface area contributed by atoms with Gasteiger partial charge in [-0.2, -0.15) is 0 Å². The van der Waals surface area contributed by atoms with Gasteiger partial charge in [0.15, 0.2) is 0 Å². The van der Waals surface area contributed by atoms with Gasteiger partial charge < -0.3 is 15.4 Å². The second kappa shape index (κ2) is 6.40. The summed E-state index contributed by atoms with van der Waals surface area (Å²) in [6.45, 7) is 2.05. The summed E-state index contributed by atoms with van der Waals surface area (Å²) in [6, 6.07) is 3.46. The molecule has 1 rings (SSSR count). The van der Waals surface area contributed by atoms with Crippen molar-refractivity contribution in [2.75, 3.05) is 6.61 Å². The van der Waals surface area contributed by atoms with Gasteiger partial charge in [0, 0.05) is 18.8 Å². The van der Waals surface area contributed by atoms with Crippen molar-refractivity contribution in [2.24, 2.45) is 0 Å². The maximum Gasteiger partial charge on any atom is 0.254 e. The molecule has 0 spiro atoms. The first kappa shape index (κ1) is 12.9. The van der Waals surface area contributed by atoms with Crippen LogP contribution >= 0.6 is 12.2 Å². The van der Waals surface area contributed by atoms with Crippen LogP contribution in [0.25, 0.3) is 0 Å². The van der Waals surface area contributed by atoms with E-state index in [2.05, 4.69) is 10.3 Å². The van der Waals surface area contributed by atoms with Crippen LogP contribution < -0.4 is 5.32 Å². The largest absolute Gasteiger partial charge is 0.396 e. The molecule has 88 valence electrons. The first-order chi connectivity index (χ1) is 7.65. The van der Waals surface area contributed by atoms with E-state index in [1.807, 2.05) is 6.92 Å². The maximum atomic E-state index is 11.8. The average Bonchev–Trinajstić information content (AvgIpc) is 2.26. The quantitative estimate of drug-likeness (QED) is 0.685. The van der Waals surface area contributed by atoms with Crippen LogP contribution in [-0.4, -0.2) is 28.6 Å². The minimum absolute atomic E-state index is 0.0363. The van der Waals surface area contributed by atoms with Gasteiger partial charge in [-0.15, -0.1) is 0 Å². The number of H-pyrrole nitrogens is 1. The van der Waals surface area contributed by atoms with Crippen molar-refractivity contribution >= 4 is 18.1 Å². The van der Waals surface area contributed by atoms with Crippen LogP contribution in [0.4, 0.5) is 0 Å². The van der Waals surface area contributed by atoms with Gasteiger partial charge >= 0.3 is 0 Å². The second-order valence-corrected chi connectivity index (χ2v) is 4.06. The molecule has 16 heavy (non-hydrogen) atoms. The van der Waals surface area contributed by atoms with Gasteiger partial charge in [0.1, 0.15) is 4.64 Å². The van der Waals surface area contributed by atoms with Crippen LogP contribution in [0.3, 0.4) is 0 Å². The van der Waals surface area contributed by atoms with Crippen molar-refractivity contribution in [3.63, 3.8) is 0 Å². The Balaban J connectivity index is 2.59. The predicted octanol–water partition coefficient (Wildman–Crippen LogP) is 1.63. The Morgan fingerprint density at radius 3 is 3.06 bits per heavy atom. The van der Waals surface area contributed by atoms with E-state index in [1.54, 1.807) is 18.3 Å². The molecule has 0 aliphatic rings. The Bertz CT molecular complexity index is 403. The Morgan fingerprint density at radius 1 is 1.69 bits per heavy atom. The highest BCUT2D eigenvalue weighted by molar-refractivity contribution is 7.71. The number of hydrogen-bond acceptors (Lipinski definition) is 3. The third-order valence-electron chi connectivity index (χ3n) is 2.24. The number of aromatic amines is 1. The zero-order chi connectivity index (χ0) is 12.0. The number of aromatic nitrogens is 1. The highest BCUT2D eigenvalue weighted by Crippen LogP contribution is 2.02. The Morgan fingerprint density at radius 2 is 2.44 bits per heavy atom. The molecule has 1 heterocycles. The number of hydrogen-bond donors (Lipinski definition) is 3. The molecule has 5 heteroatoms. The van der Waals surface area contributed by atoms with Gasteiger partial charge in [0.25, 0.3) is 5.91 Å². The lowest BCUT2D eigenvalue weighted by Crippen LogP contribution is -2.32. The number of aliphatic hydroxyl groups is 1. The molecule has 1 unspecified atom stereocenters. The van der Waals surface area contributed by atoms with Crippen molar-refractivity contribution in [3.05, 3.63) is 28.5 Å². The molecular weight excluding hydrogens is 224 g/mol. The van der Waals surface area contributed by atoms with Gasteiger partial charge in [0.05, 0.1) is 5.56 Å². The van der Waals surface area contributed by atoms with Crippen LogP contribution in [0.1, 0.15) is 30.1 Å². The van der Waals surface area contributed by atoms with Gasteiger partial charge in [-0.25, -0.2) is 0 Å². The highest BCUT2D eigenvalue weighted by Gasteiger charge is 2.10. The summed E-state index contributed by atoms with van der Waals surface area (Å²) >= 11 is 5.01. The number of rotatable bonds is 5. The zero-order valence-electron chi connectivity index (χ0n) is 9.19. The standard InChI is InChI=1S/C11H16N2O2S/c1-8(4-3-7-14)13-10(15)9-5-2-6-12-11(9)16/h2,5-6,8,14H,3-4,7H2,1H3,(H,12,16)(H,13,15). The lowest BCUT2D eigenvalue weighted by Gasteiger charge is -2.12. The van der Waals surface area contributed by atoms with E-state index in [-0.39, 0.29) is 18.6 Å². The molecule has 0 bridgehead atoms. The zero-order valence-corrected chi connectivity index (χ0v) is 10.0. The van der Waals surface area contributed by atoms with Gasteiger partial charge in [-0.1, -0.05) is 12.2 Å². The van der Waals surface area contributed by atoms with E-state index < -0.39 is 0 Å². The summed E-state index contributed by atoms with van der Waals surface area (Å²) < 4.78 is 0.439. The van der Waals surface area contributed by atoms with Crippen molar-refractivity contribution in [3.8, 4) is 0 Å². The summed E-state index contributed by atoms with van der Waals surface area (Å²) in [7, 11) is 0. The molecule has 3 N–H and O–H groups in total. The summed E-state index contributed by atoms with van der Waals surface area (Å²) in [5.41, 5.74) is 0.480. The fourth-order valence-corrected chi connectivity index (χ4v) is 1.60. The number of amides is 1. The fraction of sp³-hybridized carbons (Fsp3) is 0.455. The summed E-state index contributed by atoms with van der Waals surface area (Å²) in [5, 5.41) is 11.5. The Hall–Kier alpha value is -1.20. The minimum atomic E-state index is -0.174. The van der Waals surface area contributed by atoms with Crippen molar-refractivity contribution in [1.82, 2.24) is 10.3 Å². The van der Waals surface area contributed by atoms with E-state index in [0.717, 1.165) is 6.42 Å². The Labute approximate surface area is 99.7 Å². The number of carbonyl (C=O) groups is 1. The van der Waals surface area contributed by atoms with Crippen molar-refractivity contribution in [2.45, 2.75) is 25.8 Å². The number of carbonyl (C=O) groups excluding carboxylic acids is 1. The molecule has 0 aliphatic carbocycles. The first-order valence-electron chi connectivity index (χ1n) is 5.24. The van der Waals surface area contributed by atoms with E-state index >= 15 is 0 Å². The summed E-state index contributed by atoms with van der Waals surface area (Å²) in [6.07, 6.45) is 3.13. The molecule has 1 atom stereocenters. The summed E-state index contributed by atoms with van der Waals surface area (Å²) in [5.74, 6) is -0.174. The molecule has 0 saturated heterocycles. The fourth-order valence-electron chi connectivity index (χ4n) is 1.37. The molecule has 0 aliphatic heterocycles. The molecule has 0 fully saturated rings. The molecule has 1 amide bonds. The second-order valence-electron chi connectivity index (χ2n) is 3.65. The Kier molecular flexibility index (Phi) is 5.14. The molecule has 0 saturated carbocycles. The smallest absolute Gasteiger partial charge is 0.254 e. The van der Waals surface area contributed by atoms with E-state index in [9.17, 15) is 4.79 Å². The van der Waals surface area contributed by atoms with Gasteiger partial charge in [0.2, 0.25) is 0 Å². The normalized spacial score (nSPS) is 12.1. The van der Waals surface area contributed by atoms with Crippen LogP contribution in [0.5, 0.6) is 0 Å². The lowest BCUT2D eigenvalue weighted by molar-refractivity contribution is 0.0935. The van der Waals surface area contributed by atoms with Crippen LogP contribution in [-0.2, 0) is 0 Å². The molecule has 0 aromatic carbocycles. The van der Waals surface area contributed by atoms with Crippen LogP contribution in [0.15, 0.2) is 18.3 Å². The topological polar surface area (TPSA) is 65.1 Å². The number of aliphatic hydroxyl groups excluding tert-OH is 1. The number of nitrogens with one attached hydrogen (secondary N) is 2. The van der Waals surface area contributed by atoms with Crippen molar-refractivity contribution in [1.29, 1.82) is 0 Å². The molecular formula is C11H16N2O2S. The molecule has 0 radical (unpaired) electrons.